The van der Waals surface area contributed by atoms with Crippen molar-refractivity contribution < 1.29 is 0 Å². The van der Waals surface area contributed by atoms with Crippen molar-refractivity contribution in [1.29, 1.82) is 0 Å². The van der Waals surface area contributed by atoms with Crippen LogP contribution in [-0.2, 0) is 0 Å². The van der Waals surface area contributed by atoms with Crippen LogP contribution < -0.4 is 16.0 Å². The molecule has 0 aromatic rings. The first-order valence-electron chi connectivity index (χ1n) is 2.97. The fourth-order valence-electron chi connectivity index (χ4n) is 0.637. The molecule has 0 aromatic heterocycles. The summed E-state index contributed by atoms with van der Waals surface area (Å²) in [6, 6.07) is 0. The van der Waals surface area contributed by atoms with E-state index in [1.807, 2.05) is 21.1 Å². The van der Waals surface area contributed by atoms with E-state index < -0.39 is 0 Å². The molecule has 0 amide bonds. The summed E-state index contributed by atoms with van der Waals surface area (Å²) in [7, 11) is 5.61. The lowest BCUT2D eigenvalue weighted by atomic mass is 10.4. The molecule has 0 rings (SSSR count). The Labute approximate surface area is 56.5 Å². The van der Waals surface area contributed by atoms with Crippen molar-refractivity contribution in [3.8, 4) is 0 Å². The molecule has 0 aromatic carbocycles. The minimum Gasteiger partial charge on any atom is -0.390 e. The van der Waals surface area contributed by atoms with Gasteiger partial charge in [0.2, 0.25) is 0 Å². The molecule has 0 aliphatic heterocycles. The Hall–Kier alpha value is -0.540. The summed E-state index contributed by atoms with van der Waals surface area (Å²) in [5, 5.41) is 9.01. The molecule has 0 saturated heterocycles. The summed E-state index contributed by atoms with van der Waals surface area (Å²) in [6.07, 6.45) is 0.162. The zero-order valence-corrected chi connectivity index (χ0v) is 6.28. The molecule has 3 nitrogen and oxygen atoms in total. The molecule has 0 atom stereocenters. The third kappa shape index (κ3) is 2.49. The Morgan fingerprint density at radius 3 is 1.78 bits per heavy atom. The first-order chi connectivity index (χ1) is 4.26. The molecule has 0 aliphatic rings. The topological polar surface area (TPSA) is 36.1 Å². The first kappa shape index (κ1) is 8.46. The highest BCUT2D eigenvalue weighted by molar-refractivity contribution is 4.99. The Bertz CT molecular complexity index is 86.3. The molecular weight excluding hydrogens is 114 g/mol. The van der Waals surface area contributed by atoms with E-state index in [1.54, 1.807) is 0 Å². The lowest BCUT2D eigenvalue weighted by Gasteiger charge is -2.16. The van der Waals surface area contributed by atoms with Gasteiger partial charge in [0.15, 0.2) is 0 Å². The van der Waals surface area contributed by atoms with Gasteiger partial charge < -0.3 is 16.0 Å². The molecule has 0 spiro atoms. The fourth-order valence-corrected chi connectivity index (χ4v) is 0.637. The van der Waals surface area contributed by atoms with Gasteiger partial charge in [-0.2, -0.15) is 0 Å². The minimum atomic E-state index is 0.162. The predicted molar refractivity (Wildman–Crippen MR) is 40.1 cm³/mol. The van der Waals surface area contributed by atoms with Crippen LogP contribution in [-0.4, -0.2) is 27.3 Å². The van der Waals surface area contributed by atoms with Crippen molar-refractivity contribution in [3.63, 3.8) is 0 Å². The van der Waals surface area contributed by atoms with Crippen molar-refractivity contribution in [2.75, 3.05) is 21.1 Å². The van der Waals surface area contributed by atoms with Gasteiger partial charge in [0, 0.05) is 12.7 Å². The quantitative estimate of drug-likeness (QED) is 0.447. The van der Waals surface area contributed by atoms with E-state index >= 15 is 0 Å². The molecule has 54 valence electrons. The summed E-state index contributed by atoms with van der Waals surface area (Å²) >= 11 is 0. The van der Waals surface area contributed by atoms with Gasteiger partial charge in [-0.25, -0.2) is 0 Å². The van der Waals surface area contributed by atoms with Crippen LogP contribution in [0.4, 0.5) is 0 Å². The van der Waals surface area contributed by atoms with E-state index in [1.165, 1.54) is 0 Å². The number of hydrogen-bond donors (Lipinski definition) is 3. The van der Waals surface area contributed by atoms with E-state index in [0.717, 1.165) is 5.70 Å². The highest BCUT2D eigenvalue weighted by Crippen LogP contribution is 1.85. The van der Waals surface area contributed by atoms with Crippen molar-refractivity contribution in [2.24, 2.45) is 0 Å². The summed E-state index contributed by atoms with van der Waals surface area (Å²) < 4.78 is 0. The Morgan fingerprint density at radius 1 is 1.22 bits per heavy atom. The van der Waals surface area contributed by atoms with Gasteiger partial charge in [-0.05, 0) is 14.1 Å². The average molecular weight is 129 g/mol. The van der Waals surface area contributed by atoms with Crippen LogP contribution in [0.1, 0.15) is 0 Å². The molecule has 0 fully saturated rings. The number of nitrogens with one attached hydrogen (secondary N) is 3. The van der Waals surface area contributed by atoms with Gasteiger partial charge >= 0.3 is 0 Å². The summed E-state index contributed by atoms with van der Waals surface area (Å²) in [6.45, 7) is 3.78. The third-order valence-electron chi connectivity index (χ3n) is 1.25. The molecule has 0 radical (unpaired) electrons. The van der Waals surface area contributed by atoms with Crippen LogP contribution in [0.15, 0.2) is 12.3 Å². The summed E-state index contributed by atoms with van der Waals surface area (Å²) in [4.78, 5) is 0. The lowest BCUT2D eigenvalue weighted by Crippen LogP contribution is -2.42. The number of rotatable bonds is 4. The van der Waals surface area contributed by atoms with Crippen molar-refractivity contribution in [1.82, 2.24) is 16.0 Å². The fraction of sp³-hybridized carbons (Fsp3) is 0.667. The van der Waals surface area contributed by atoms with E-state index in [0.29, 0.717) is 0 Å². The highest BCUT2D eigenvalue weighted by atomic mass is 15.1. The van der Waals surface area contributed by atoms with Crippen LogP contribution >= 0.6 is 0 Å². The predicted octanol–water partition coefficient (Wildman–Crippen LogP) is -0.516. The molecule has 0 aliphatic carbocycles. The van der Waals surface area contributed by atoms with Gasteiger partial charge in [-0.15, -0.1) is 0 Å². The molecule has 0 heterocycles. The zero-order chi connectivity index (χ0) is 7.28. The zero-order valence-electron chi connectivity index (χ0n) is 6.28. The lowest BCUT2D eigenvalue weighted by molar-refractivity contribution is 0.537. The Balaban J connectivity index is 3.64. The van der Waals surface area contributed by atoms with Crippen LogP contribution in [0.3, 0.4) is 0 Å². The van der Waals surface area contributed by atoms with E-state index in [4.69, 9.17) is 0 Å². The van der Waals surface area contributed by atoms with Gasteiger partial charge in [0.05, 0.1) is 6.17 Å². The number of hydrogen-bond acceptors (Lipinski definition) is 3. The van der Waals surface area contributed by atoms with Crippen molar-refractivity contribution in [3.05, 3.63) is 12.3 Å². The largest absolute Gasteiger partial charge is 0.390 e. The van der Waals surface area contributed by atoms with E-state index in [9.17, 15) is 0 Å². The summed E-state index contributed by atoms with van der Waals surface area (Å²) in [5.74, 6) is 0. The monoisotopic (exact) mass is 129 g/mol. The third-order valence-corrected chi connectivity index (χ3v) is 1.25. The SMILES string of the molecule is C=C(NC)C(NC)NC. The average Bonchev–Trinajstić information content (AvgIpc) is 1.90. The van der Waals surface area contributed by atoms with Crippen LogP contribution in [0, 0.1) is 0 Å². The minimum absolute atomic E-state index is 0.162. The van der Waals surface area contributed by atoms with Gasteiger partial charge in [-0.3, -0.25) is 0 Å². The second-order valence-corrected chi connectivity index (χ2v) is 1.79. The molecule has 9 heavy (non-hydrogen) atoms. The molecule has 3 heteroatoms. The van der Waals surface area contributed by atoms with Crippen LogP contribution in [0.2, 0.25) is 0 Å². The Kier molecular flexibility index (Phi) is 4.09. The van der Waals surface area contributed by atoms with Gasteiger partial charge in [0.1, 0.15) is 0 Å². The maximum atomic E-state index is 3.78. The van der Waals surface area contributed by atoms with Gasteiger partial charge in [-0.1, -0.05) is 6.58 Å². The maximum Gasteiger partial charge on any atom is 0.0973 e. The molecule has 0 bridgehead atoms. The van der Waals surface area contributed by atoms with Crippen molar-refractivity contribution in [2.45, 2.75) is 6.17 Å². The summed E-state index contributed by atoms with van der Waals surface area (Å²) in [5.41, 5.74) is 0.944. The van der Waals surface area contributed by atoms with Gasteiger partial charge in [0.25, 0.3) is 0 Å². The maximum absolute atomic E-state index is 3.78. The van der Waals surface area contributed by atoms with Crippen LogP contribution in [0.5, 0.6) is 0 Å². The second kappa shape index (κ2) is 4.35. The smallest absolute Gasteiger partial charge is 0.0973 e. The van der Waals surface area contributed by atoms with Crippen LogP contribution in [0.25, 0.3) is 0 Å². The standard InChI is InChI=1S/C6H15N3/c1-5(7-2)6(8-3)9-4/h6-9H,1H2,2-4H3. The normalized spacial score (nSPS) is 9.78. The molecule has 0 unspecified atom stereocenters. The number of likely N-dealkylation sites (N-methyl/N-ethyl adjacent to an activating group) is 3. The molecule has 3 N–H and O–H groups in total. The van der Waals surface area contributed by atoms with E-state index in [-0.39, 0.29) is 6.17 Å². The molecule has 0 saturated carbocycles. The molecular formula is C6H15N3. The van der Waals surface area contributed by atoms with E-state index in [2.05, 4.69) is 22.5 Å². The second-order valence-electron chi connectivity index (χ2n) is 1.79. The van der Waals surface area contributed by atoms with Crippen molar-refractivity contribution >= 4 is 0 Å². The highest BCUT2D eigenvalue weighted by Gasteiger charge is 2.02. The Morgan fingerprint density at radius 2 is 1.67 bits per heavy atom. The first-order valence-corrected chi connectivity index (χ1v) is 2.97.